The van der Waals surface area contributed by atoms with Crippen LogP contribution < -0.4 is 15.2 Å². The van der Waals surface area contributed by atoms with Crippen molar-refractivity contribution in [2.45, 2.75) is 130 Å². The van der Waals surface area contributed by atoms with Crippen LogP contribution in [0.2, 0.25) is 0 Å². The lowest BCUT2D eigenvalue weighted by Crippen LogP contribution is -2.10. The second-order valence-electron chi connectivity index (χ2n) is 24.6. The van der Waals surface area contributed by atoms with Crippen molar-refractivity contribution in [3.05, 3.63) is 185 Å². The van der Waals surface area contributed by atoms with Gasteiger partial charge in [-0.1, -0.05) is 186 Å². The molecule has 79 heavy (non-hydrogen) atoms. The number of ether oxygens (including phenoxy) is 2. The zero-order valence-corrected chi connectivity index (χ0v) is 48.0. The number of nitrogens with one attached hydrogen (secondary N) is 2. The smallest absolute Gasteiger partial charge is 0.119 e. The SMILES string of the molecule is CC(C)(C)c1ccc(-c2c3nc(c(-c4ccc(C(C)(C)C)cc4)c4ccc([nH]4)c(-c4ccc(C(C)(C)C)cc4)c4nc(c(-c5ccc(OCCCCCCCCCCOc6ccc(N)cc6)cc5)c5ccc2[nH]5)C=C4)C=C3)cc1. The maximum atomic E-state index is 6.37. The Bertz CT molecular complexity index is 3580. The third-order valence-corrected chi connectivity index (χ3v) is 15.5. The molecule has 2 aliphatic heterocycles. The molecule has 0 atom stereocenters. The predicted octanol–water partition coefficient (Wildman–Crippen LogP) is 19.4. The van der Waals surface area contributed by atoms with Crippen molar-refractivity contribution in [3.63, 3.8) is 0 Å². The highest BCUT2D eigenvalue weighted by Crippen LogP contribution is 2.40. The number of anilines is 1. The van der Waals surface area contributed by atoms with Crippen LogP contribution in [0.1, 0.15) is 153 Å². The maximum Gasteiger partial charge on any atom is 0.119 e. The van der Waals surface area contributed by atoms with Crippen LogP contribution in [-0.4, -0.2) is 33.1 Å². The molecule has 0 saturated heterocycles. The first kappa shape index (κ1) is 54.5. The average Bonchev–Trinajstić information content (AvgIpc) is 4.50. The molecular weight excluding hydrogens is 967 g/mol. The molecule has 0 radical (unpaired) electrons. The van der Waals surface area contributed by atoms with Crippen LogP contribution in [-0.2, 0) is 16.2 Å². The molecule has 0 aliphatic carbocycles. The monoisotopic (exact) mass is 1050 g/mol. The fourth-order valence-electron chi connectivity index (χ4n) is 10.8. The fourth-order valence-corrected chi connectivity index (χ4v) is 10.8. The number of H-pyrrole nitrogens is 2. The van der Waals surface area contributed by atoms with E-state index in [1.54, 1.807) is 0 Å². The van der Waals surface area contributed by atoms with Gasteiger partial charge in [0.05, 0.1) is 36.0 Å². The van der Waals surface area contributed by atoms with E-state index < -0.39 is 0 Å². The summed E-state index contributed by atoms with van der Waals surface area (Å²) in [5.41, 5.74) is 26.3. The molecule has 8 aromatic rings. The minimum Gasteiger partial charge on any atom is -0.494 e. The Morgan fingerprint density at radius 3 is 0.861 bits per heavy atom. The first-order valence-corrected chi connectivity index (χ1v) is 28.7. The predicted molar refractivity (Wildman–Crippen MR) is 335 cm³/mol. The van der Waals surface area contributed by atoms with E-state index in [0.29, 0.717) is 6.61 Å². The molecular formula is C72H79N5O2. The highest BCUT2D eigenvalue weighted by Gasteiger charge is 2.22. The van der Waals surface area contributed by atoms with Gasteiger partial charge in [0.25, 0.3) is 0 Å². The number of hydrogen-bond donors (Lipinski definition) is 3. The molecule has 10 rings (SSSR count). The molecule has 0 saturated carbocycles. The number of hydrogen-bond acceptors (Lipinski definition) is 5. The molecule has 404 valence electrons. The van der Waals surface area contributed by atoms with E-state index in [0.717, 1.165) is 132 Å². The molecule has 0 spiro atoms. The molecule has 5 aromatic carbocycles. The first-order valence-electron chi connectivity index (χ1n) is 28.7. The normalized spacial score (nSPS) is 12.6. The standard InChI is InChI=1S/C72H79N5O2/c1-70(2,3)52-26-18-48(19-27-52)66-58-38-40-60(74-58)67(49-20-28-53(29-21-49)71(4,5)6)62-42-44-64(76-62)69(65-45-43-63(77-65)68(61-41-39-59(66)75-61)50-22-30-54(31-23-50)72(7,8)9)51-24-34-56(35-25-51)78-46-16-14-12-10-11-13-15-17-47-79-57-36-32-55(73)33-37-57/h18-45,74,77H,10-17,46-47,73H2,1-9H3. The van der Waals surface area contributed by atoms with Gasteiger partial charge in [0.1, 0.15) is 11.5 Å². The number of aromatic nitrogens is 4. The number of unbranched alkanes of at least 4 members (excludes halogenated alkanes) is 7. The van der Waals surface area contributed by atoms with Gasteiger partial charge in [0.2, 0.25) is 0 Å². The van der Waals surface area contributed by atoms with Crippen molar-refractivity contribution < 1.29 is 9.47 Å². The van der Waals surface area contributed by atoms with Gasteiger partial charge in [-0.2, -0.15) is 0 Å². The summed E-state index contributed by atoms with van der Waals surface area (Å²) in [4.78, 5) is 19.1. The molecule has 7 heteroatoms. The van der Waals surface area contributed by atoms with Gasteiger partial charge < -0.3 is 25.2 Å². The van der Waals surface area contributed by atoms with E-state index in [1.165, 1.54) is 48.8 Å². The highest BCUT2D eigenvalue weighted by molar-refractivity contribution is 6.00. The lowest BCUT2D eigenvalue weighted by molar-refractivity contribution is 0.301. The molecule has 2 aliphatic rings. The largest absolute Gasteiger partial charge is 0.494 e. The molecule has 7 nitrogen and oxygen atoms in total. The first-order chi connectivity index (χ1) is 38.0. The summed E-state index contributed by atoms with van der Waals surface area (Å²) >= 11 is 0. The Kier molecular flexibility index (Phi) is 16.0. The van der Waals surface area contributed by atoms with Crippen LogP contribution in [0.4, 0.5) is 5.69 Å². The second kappa shape index (κ2) is 23.2. The van der Waals surface area contributed by atoms with E-state index in [-0.39, 0.29) is 16.2 Å². The molecule has 8 bridgehead atoms. The van der Waals surface area contributed by atoms with Crippen molar-refractivity contribution in [2.24, 2.45) is 0 Å². The molecule has 0 unspecified atom stereocenters. The molecule has 3 aromatic heterocycles. The number of aromatic amines is 2. The Morgan fingerprint density at radius 1 is 0.329 bits per heavy atom. The summed E-state index contributed by atoms with van der Waals surface area (Å²) in [5.74, 6) is 1.76. The van der Waals surface area contributed by atoms with Crippen LogP contribution in [0.3, 0.4) is 0 Å². The lowest BCUT2D eigenvalue weighted by Gasteiger charge is -2.19. The van der Waals surface area contributed by atoms with E-state index in [1.807, 2.05) is 24.3 Å². The minimum atomic E-state index is 0.0106. The van der Waals surface area contributed by atoms with Crippen LogP contribution in [0.15, 0.2) is 146 Å². The summed E-state index contributed by atoms with van der Waals surface area (Å²) < 4.78 is 12.2. The summed E-state index contributed by atoms with van der Waals surface area (Å²) in [5, 5.41) is 0. The Morgan fingerprint density at radius 2 is 0.582 bits per heavy atom. The van der Waals surface area contributed by atoms with E-state index >= 15 is 0 Å². The van der Waals surface area contributed by atoms with Crippen molar-refractivity contribution >= 4 is 52.1 Å². The molecule has 4 N–H and O–H groups in total. The molecule has 0 fully saturated rings. The van der Waals surface area contributed by atoms with Crippen molar-refractivity contribution in [3.8, 4) is 56.0 Å². The zero-order valence-electron chi connectivity index (χ0n) is 48.0. The zero-order chi connectivity index (χ0) is 55.3. The Hall–Kier alpha value is -7.90. The van der Waals surface area contributed by atoms with Crippen molar-refractivity contribution in [1.29, 1.82) is 0 Å². The number of nitrogens with zero attached hydrogens (tertiary/aromatic N) is 2. The number of rotatable bonds is 17. The molecule has 5 heterocycles. The van der Waals surface area contributed by atoms with Gasteiger partial charge in [-0.25, -0.2) is 9.97 Å². The second-order valence-corrected chi connectivity index (χ2v) is 24.6. The summed E-state index contributed by atoms with van der Waals surface area (Å²) in [6.07, 6.45) is 18.1. The quantitative estimate of drug-likeness (QED) is 0.0623. The summed E-state index contributed by atoms with van der Waals surface area (Å²) in [7, 11) is 0. The Balaban J connectivity index is 1.02. The van der Waals surface area contributed by atoms with E-state index in [9.17, 15) is 0 Å². The van der Waals surface area contributed by atoms with Crippen molar-refractivity contribution in [2.75, 3.05) is 18.9 Å². The van der Waals surface area contributed by atoms with E-state index in [2.05, 4.69) is 218 Å². The topological polar surface area (TPSA) is 102 Å². The van der Waals surface area contributed by atoms with Gasteiger partial charge in [0.15, 0.2) is 0 Å². The Labute approximate surface area is 469 Å². The minimum absolute atomic E-state index is 0.0106. The fraction of sp³-hybridized carbons (Fsp3) is 0.306. The van der Waals surface area contributed by atoms with Crippen molar-refractivity contribution in [1.82, 2.24) is 19.9 Å². The van der Waals surface area contributed by atoms with Crippen LogP contribution in [0, 0.1) is 0 Å². The van der Waals surface area contributed by atoms with Gasteiger partial charge >= 0.3 is 0 Å². The third-order valence-electron chi connectivity index (χ3n) is 15.5. The number of nitrogen functional groups attached to an aromatic ring is 1. The third kappa shape index (κ3) is 12.8. The summed E-state index contributed by atoms with van der Waals surface area (Å²) in [6.45, 7) is 21.8. The summed E-state index contributed by atoms with van der Waals surface area (Å²) in [6, 6.07) is 52.1. The lowest BCUT2D eigenvalue weighted by atomic mass is 9.86. The van der Waals surface area contributed by atoms with Crippen LogP contribution >= 0.6 is 0 Å². The number of nitrogens with two attached hydrogens (primary N) is 1. The molecule has 0 amide bonds. The van der Waals surface area contributed by atoms with Gasteiger partial charge in [-0.3, -0.25) is 0 Å². The van der Waals surface area contributed by atoms with Crippen LogP contribution in [0.25, 0.3) is 90.9 Å². The van der Waals surface area contributed by atoms with Gasteiger partial charge in [-0.05, 0) is 153 Å². The maximum absolute atomic E-state index is 6.37. The average molecular weight is 1050 g/mol. The van der Waals surface area contributed by atoms with E-state index in [4.69, 9.17) is 25.2 Å². The highest BCUT2D eigenvalue weighted by atomic mass is 16.5. The van der Waals surface area contributed by atoms with Gasteiger partial charge in [0, 0.05) is 50.0 Å². The van der Waals surface area contributed by atoms with Crippen LogP contribution in [0.5, 0.6) is 11.5 Å². The number of fused-ring (bicyclic) bond motifs is 8. The number of benzene rings is 5. The van der Waals surface area contributed by atoms with Gasteiger partial charge in [-0.15, -0.1) is 0 Å².